The van der Waals surface area contributed by atoms with Gasteiger partial charge in [-0.05, 0) is 30.3 Å². The number of aromatic nitrogens is 2. The van der Waals surface area contributed by atoms with Gasteiger partial charge < -0.3 is 10.2 Å². The molecule has 1 heterocycles. The van der Waals surface area contributed by atoms with Crippen molar-refractivity contribution in [3.63, 3.8) is 0 Å². The zero-order valence-electron chi connectivity index (χ0n) is 10.3. The third kappa shape index (κ3) is 2.21. The Labute approximate surface area is 120 Å². The van der Waals surface area contributed by atoms with Gasteiger partial charge in [0, 0.05) is 21.7 Å². The van der Waals surface area contributed by atoms with Crippen molar-refractivity contribution in [2.24, 2.45) is 0 Å². The lowest BCUT2D eigenvalue weighted by Crippen LogP contribution is -1.83. The van der Waals surface area contributed by atoms with E-state index < -0.39 is 0 Å². The summed E-state index contributed by atoms with van der Waals surface area (Å²) < 4.78 is 0. The highest BCUT2D eigenvalue weighted by molar-refractivity contribution is 6.30. The van der Waals surface area contributed by atoms with Crippen LogP contribution in [0.5, 0.6) is 11.5 Å². The Balaban J connectivity index is 2.15. The van der Waals surface area contributed by atoms with Gasteiger partial charge in [0.05, 0.1) is 11.9 Å². The molecule has 3 aromatic rings. The number of nitrogens with zero attached hydrogens (tertiary/aromatic N) is 1. The van der Waals surface area contributed by atoms with Gasteiger partial charge in [0.25, 0.3) is 0 Å². The average molecular weight is 287 g/mol. The fourth-order valence-electron chi connectivity index (χ4n) is 2.07. The van der Waals surface area contributed by atoms with E-state index in [-0.39, 0.29) is 11.5 Å². The Morgan fingerprint density at radius 2 is 1.70 bits per heavy atom. The zero-order chi connectivity index (χ0) is 14.1. The normalized spacial score (nSPS) is 10.7. The minimum Gasteiger partial charge on any atom is -0.508 e. The van der Waals surface area contributed by atoms with Gasteiger partial charge >= 0.3 is 0 Å². The molecule has 2 aromatic carbocycles. The van der Waals surface area contributed by atoms with Crippen LogP contribution >= 0.6 is 11.6 Å². The Kier molecular flexibility index (Phi) is 3.08. The first-order valence-corrected chi connectivity index (χ1v) is 6.34. The van der Waals surface area contributed by atoms with Crippen LogP contribution in [0.4, 0.5) is 0 Å². The summed E-state index contributed by atoms with van der Waals surface area (Å²) >= 11 is 5.88. The second-order valence-electron chi connectivity index (χ2n) is 4.37. The average Bonchev–Trinajstić information content (AvgIpc) is 2.91. The van der Waals surface area contributed by atoms with Gasteiger partial charge in [0.2, 0.25) is 0 Å². The lowest BCUT2D eigenvalue weighted by Gasteiger charge is -2.06. The number of halogens is 1. The van der Waals surface area contributed by atoms with Crippen LogP contribution in [0.1, 0.15) is 0 Å². The maximum absolute atomic E-state index is 9.95. The number of rotatable bonds is 2. The van der Waals surface area contributed by atoms with Gasteiger partial charge in [-0.1, -0.05) is 23.7 Å². The molecule has 5 heteroatoms. The maximum Gasteiger partial charge on any atom is 0.123 e. The summed E-state index contributed by atoms with van der Waals surface area (Å²) in [5.74, 6) is 0.167. The van der Waals surface area contributed by atoms with Crippen LogP contribution in [0.25, 0.3) is 22.4 Å². The van der Waals surface area contributed by atoms with Crippen LogP contribution in [0.2, 0.25) is 5.02 Å². The Morgan fingerprint density at radius 1 is 0.950 bits per heavy atom. The summed E-state index contributed by atoms with van der Waals surface area (Å²) in [5, 5.41) is 27.1. The number of H-pyrrole nitrogens is 1. The van der Waals surface area contributed by atoms with Crippen LogP contribution in [0.15, 0.2) is 48.7 Å². The number of hydrogen-bond acceptors (Lipinski definition) is 3. The van der Waals surface area contributed by atoms with Crippen molar-refractivity contribution in [2.75, 3.05) is 0 Å². The number of hydrogen-bond donors (Lipinski definition) is 3. The van der Waals surface area contributed by atoms with Gasteiger partial charge in [-0.25, -0.2) is 0 Å². The number of phenols is 2. The standard InChI is InChI=1S/C15H11ClN2O2/c16-10-3-1-9(2-4-10)15-13(8-17-18-15)12-7-11(19)5-6-14(12)20/h1-8,19-20H,(H,17,18). The molecule has 1 aromatic heterocycles. The molecule has 100 valence electrons. The van der Waals surface area contributed by atoms with E-state index in [9.17, 15) is 10.2 Å². The minimum absolute atomic E-state index is 0.0828. The fourth-order valence-corrected chi connectivity index (χ4v) is 2.19. The van der Waals surface area contributed by atoms with Crippen molar-refractivity contribution >= 4 is 11.6 Å². The number of phenolic OH excluding ortho intramolecular Hbond substituents is 2. The summed E-state index contributed by atoms with van der Waals surface area (Å²) in [5.41, 5.74) is 2.87. The molecule has 4 nitrogen and oxygen atoms in total. The molecule has 0 spiro atoms. The summed E-state index contributed by atoms with van der Waals surface area (Å²) in [7, 11) is 0. The molecule has 0 unspecified atom stereocenters. The Bertz CT molecular complexity index is 751. The smallest absolute Gasteiger partial charge is 0.123 e. The third-order valence-electron chi connectivity index (χ3n) is 3.04. The molecule has 0 aliphatic heterocycles. The van der Waals surface area contributed by atoms with Crippen LogP contribution in [-0.2, 0) is 0 Å². The van der Waals surface area contributed by atoms with E-state index in [0.717, 1.165) is 11.3 Å². The van der Waals surface area contributed by atoms with Crippen molar-refractivity contribution in [2.45, 2.75) is 0 Å². The molecule has 0 atom stereocenters. The molecular weight excluding hydrogens is 276 g/mol. The molecule has 3 N–H and O–H groups in total. The SMILES string of the molecule is Oc1ccc(O)c(-c2cn[nH]c2-c2ccc(Cl)cc2)c1. The first-order chi connectivity index (χ1) is 9.65. The molecule has 0 fully saturated rings. The first-order valence-electron chi connectivity index (χ1n) is 5.97. The number of aromatic hydroxyl groups is 2. The minimum atomic E-state index is 0.0828. The Morgan fingerprint density at radius 3 is 2.45 bits per heavy atom. The van der Waals surface area contributed by atoms with Crippen LogP contribution in [0.3, 0.4) is 0 Å². The third-order valence-corrected chi connectivity index (χ3v) is 3.29. The molecule has 0 aliphatic carbocycles. The van der Waals surface area contributed by atoms with Gasteiger partial charge in [-0.15, -0.1) is 0 Å². The van der Waals surface area contributed by atoms with Crippen LogP contribution in [-0.4, -0.2) is 20.4 Å². The predicted molar refractivity (Wildman–Crippen MR) is 77.8 cm³/mol. The highest BCUT2D eigenvalue weighted by atomic mass is 35.5. The summed E-state index contributed by atoms with van der Waals surface area (Å²) in [6.07, 6.45) is 1.61. The second-order valence-corrected chi connectivity index (χ2v) is 4.80. The van der Waals surface area contributed by atoms with E-state index in [4.69, 9.17) is 11.6 Å². The van der Waals surface area contributed by atoms with Crippen molar-refractivity contribution in [3.05, 3.63) is 53.7 Å². The first kappa shape index (κ1) is 12.6. The molecule has 0 radical (unpaired) electrons. The van der Waals surface area contributed by atoms with Crippen molar-refractivity contribution in [1.29, 1.82) is 0 Å². The van der Waals surface area contributed by atoms with E-state index >= 15 is 0 Å². The monoisotopic (exact) mass is 286 g/mol. The molecule has 20 heavy (non-hydrogen) atoms. The number of benzene rings is 2. The quantitative estimate of drug-likeness (QED) is 0.628. The second kappa shape index (κ2) is 4.90. The summed E-state index contributed by atoms with van der Waals surface area (Å²) in [6.45, 7) is 0. The van der Waals surface area contributed by atoms with E-state index in [0.29, 0.717) is 16.1 Å². The fraction of sp³-hybridized carbons (Fsp3) is 0. The number of aromatic amines is 1. The summed E-state index contributed by atoms with van der Waals surface area (Å²) in [4.78, 5) is 0. The molecule has 0 saturated carbocycles. The van der Waals surface area contributed by atoms with Crippen molar-refractivity contribution in [1.82, 2.24) is 10.2 Å². The molecule has 0 bridgehead atoms. The molecular formula is C15H11ClN2O2. The lowest BCUT2D eigenvalue weighted by atomic mass is 10.0. The highest BCUT2D eigenvalue weighted by Gasteiger charge is 2.13. The van der Waals surface area contributed by atoms with Gasteiger partial charge in [0.15, 0.2) is 0 Å². The predicted octanol–water partition coefficient (Wildman–Crippen LogP) is 3.81. The van der Waals surface area contributed by atoms with Gasteiger partial charge in [-0.2, -0.15) is 5.10 Å². The Hall–Kier alpha value is -2.46. The lowest BCUT2D eigenvalue weighted by molar-refractivity contribution is 0.462. The summed E-state index contributed by atoms with van der Waals surface area (Å²) in [6, 6.07) is 11.7. The highest BCUT2D eigenvalue weighted by Crippen LogP contribution is 2.37. The largest absolute Gasteiger partial charge is 0.508 e. The van der Waals surface area contributed by atoms with E-state index in [1.807, 2.05) is 12.1 Å². The van der Waals surface area contributed by atoms with Gasteiger partial charge in [-0.3, -0.25) is 5.10 Å². The van der Waals surface area contributed by atoms with Crippen molar-refractivity contribution in [3.8, 4) is 33.9 Å². The van der Waals surface area contributed by atoms with Crippen LogP contribution < -0.4 is 0 Å². The van der Waals surface area contributed by atoms with E-state index in [1.54, 1.807) is 18.3 Å². The topological polar surface area (TPSA) is 69.1 Å². The van der Waals surface area contributed by atoms with E-state index in [1.165, 1.54) is 18.2 Å². The van der Waals surface area contributed by atoms with Crippen LogP contribution in [0, 0.1) is 0 Å². The molecule has 0 amide bonds. The molecule has 0 aliphatic rings. The van der Waals surface area contributed by atoms with Gasteiger partial charge in [0.1, 0.15) is 11.5 Å². The molecule has 0 saturated heterocycles. The maximum atomic E-state index is 9.95. The van der Waals surface area contributed by atoms with Crippen molar-refractivity contribution < 1.29 is 10.2 Å². The van der Waals surface area contributed by atoms with E-state index in [2.05, 4.69) is 10.2 Å². The zero-order valence-corrected chi connectivity index (χ0v) is 11.1. The number of nitrogens with one attached hydrogen (secondary N) is 1. The molecule has 3 rings (SSSR count).